The predicted molar refractivity (Wildman–Crippen MR) is 43.1 cm³/mol. The van der Waals surface area contributed by atoms with E-state index >= 15 is 0 Å². The van der Waals surface area contributed by atoms with E-state index in [4.69, 9.17) is 0 Å². The average molecular weight is 178 g/mol. The average Bonchev–Trinajstić information content (AvgIpc) is 2.30. The van der Waals surface area contributed by atoms with Gasteiger partial charge in [-0.25, -0.2) is 8.42 Å². The van der Waals surface area contributed by atoms with Crippen molar-refractivity contribution in [1.82, 2.24) is 0 Å². The van der Waals surface area contributed by atoms with Crippen LogP contribution in [-0.4, -0.2) is 30.1 Å². The first-order chi connectivity index (χ1) is 4.81. The van der Waals surface area contributed by atoms with Crippen molar-refractivity contribution in [2.45, 2.75) is 37.5 Å². The highest BCUT2D eigenvalue weighted by atomic mass is 32.2. The van der Waals surface area contributed by atoms with Crippen LogP contribution in [0.25, 0.3) is 0 Å². The zero-order valence-corrected chi connectivity index (χ0v) is 7.69. The molecular weight excluding hydrogens is 164 g/mol. The van der Waals surface area contributed by atoms with Gasteiger partial charge in [0.05, 0.1) is 16.6 Å². The van der Waals surface area contributed by atoms with Crippen molar-refractivity contribution in [3.63, 3.8) is 0 Å². The van der Waals surface area contributed by atoms with Crippen LogP contribution in [0, 0.1) is 0 Å². The van der Waals surface area contributed by atoms with E-state index in [1.165, 1.54) is 13.8 Å². The summed E-state index contributed by atoms with van der Waals surface area (Å²) in [5.74, 6) is -0.106. The van der Waals surface area contributed by atoms with Gasteiger partial charge in [-0.05, 0) is 26.7 Å². The second-order valence-electron chi connectivity index (χ2n) is 3.82. The zero-order valence-electron chi connectivity index (χ0n) is 6.87. The molecule has 1 aliphatic rings. The molecule has 0 atom stereocenters. The third-order valence-electron chi connectivity index (χ3n) is 1.59. The molecule has 0 heterocycles. The lowest BCUT2D eigenvalue weighted by molar-refractivity contribution is 0.105. The Labute approximate surface area is 67.3 Å². The number of aliphatic hydroxyl groups is 1. The van der Waals surface area contributed by atoms with Crippen LogP contribution in [0.5, 0.6) is 0 Å². The van der Waals surface area contributed by atoms with Gasteiger partial charge in [0.2, 0.25) is 0 Å². The number of sulfone groups is 1. The highest BCUT2D eigenvalue weighted by Gasteiger charge is 2.38. The number of rotatable bonds is 3. The lowest BCUT2D eigenvalue weighted by atomic mass is 10.2. The summed E-state index contributed by atoms with van der Waals surface area (Å²) in [5, 5.41) is 9.09. The van der Waals surface area contributed by atoms with E-state index in [2.05, 4.69) is 0 Å². The molecule has 0 saturated heterocycles. The predicted octanol–water partition coefficient (Wildman–Crippen LogP) is 0.335. The first-order valence-electron chi connectivity index (χ1n) is 3.75. The molecule has 3 nitrogen and oxygen atoms in total. The summed E-state index contributed by atoms with van der Waals surface area (Å²) in [6, 6.07) is 0. The molecule has 0 aromatic carbocycles. The quantitative estimate of drug-likeness (QED) is 0.677. The Hall–Kier alpha value is -0.0900. The second-order valence-corrected chi connectivity index (χ2v) is 6.10. The molecule has 1 N–H and O–H groups in total. The zero-order chi connectivity index (χ0) is 8.70. The molecular formula is C7H14O3S. The third-order valence-corrected chi connectivity index (χ3v) is 4.18. The van der Waals surface area contributed by atoms with E-state index in [9.17, 15) is 13.5 Å². The van der Waals surface area contributed by atoms with Gasteiger partial charge >= 0.3 is 0 Å². The van der Waals surface area contributed by atoms with E-state index in [1.807, 2.05) is 0 Å². The molecule has 0 aromatic rings. The number of hydrogen-bond acceptors (Lipinski definition) is 3. The minimum absolute atomic E-state index is 0.106. The van der Waals surface area contributed by atoms with Crippen molar-refractivity contribution < 1.29 is 13.5 Å². The molecule has 0 aliphatic heterocycles. The first-order valence-corrected chi connectivity index (χ1v) is 5.47. The molecule has 11 heavy (non-hydrogen) atoms. The Bertz CT molecular complexity index is 231. The minimum Gasteiger partial charge on any atom is -0.389 e. The van der Waals surface area contributed by atoms with Crippen LogP contribution in [0.1, 0.15) is 26.7 Å². The summed E-state index contributed by atoms with van der Waals surface area (Å²) in [5.41, 5.74) is -1.08. The minimum atomic E-state index is -2.99. The summed E-state index contributed by atoms with van der Waals surface area (Å²) in [6.45, 7) is 3.04. The normalized spacial score (nSPS) is 20.3. The smallest absolute Gasteiger partial charge is 0.155 e. The van der Waals surface area contributed by atoms with Crippen molar-refractivity contribution in [2.75, 3.05) is 5.75 Å². The van der Waals surface area contributed by atoms with Gasteiger partial charge in [-0.2, -0.15) is 0 Å². The molecule has 1 rings (SSSR count). The highest BCUT2D eigenvalue weighted by molar-refractivity contribution is 7.92. The second kappa shape index (κ2) is 2.45. The Morgan fingerprint density at radius 1 is 1.45 bits per heavy atom. The molecule has 4 heteroatoms. The van der Waals surface area contributed by atoms with Gasteiger partial charge in [-0.15, -0.1) is 0 Å². The fourth-order valence-corrected chi connectivity index (χ4v) is 3.11. The molecule has 0 amide bonds. The van der Waals surface area contributed by atoms with Crippen LogP contribution in [-0.2, 0) is 9.84 Å². The molecule has 0 bridgehead atoms. The maximum absolute atomic E-state index is 11.2. The molecule has 0 unspecified atom stereocenters. The van der Waals surface area contributed by atoms with Gasteiger partial charge in [0.25, 0.3) is 0 Å². The summed E-state index contributed by atoms with van der Waals surface area (Å²) >= 11 is 0. The molecule has 0 radical (unpaired) electrons. The number of hydrogen-bond donors (Lipinski definition) is 1. The van der Waals surface area contributed by atoms with E-state index in [0.29, 0.717) is 0 Å². The topological polar surface area (TPSA) is 54.4 Å². The Balaban J connectivity index is 2.60. The summed E-state index contributed by atoms with van der Waals surface area (Å²) < 4.78 is 22.5. The lowest BCUT2D eigenvalue weighted by Gasteiger charge is -2.16. The largest absolute Gasteiger partial charge is 0.389 e. The molecule has 1 saturated carbocycles. The molecule has 1 fully saturated rings. The Morgan fingerprint density at radius 2 is 1.91 bits per heavy atom. The van der Waals surface area contributed by atoms with Gasteiger partial charge in [-0.1, -0.05) is 0 Å². The van der Waals surface area contributed by atoms with E-state index in [1.54, 1.807) is 0 Å². The van der Waals surface area contributed by atoms with Gasteiger partial charge in [0.15, 0.2) is 9.84 Å². The van der Waals surface area contributed by atoms with Crippen LogP contribution in [0.2, 0.25) is 0 Å². The third kappa shape index (κ3) is 2.79. The SMILES string of the molecule is CC(C)(O)CS(=O)(=O)C1CC1. The van der Waals surface area contributed by atoms with Crippen LogP contribution in [0.3, 0.4) is 0 Å². The summed E-state index contributed by atoms with van der Waals surface area (Å²) in [6.07, 6.45) is 1.55. The van der Waals surface area contributed by atoms with E-state index in [0.717, 1.165) is 12.8 Å². The fourth-order valence-electron chi connectivity index (χ4n) is 1.04. The van der Waals surface area contributed by atoms with Gasteiger partial charge < -0.3 is 5.11 Å². The Morgan fingerprint density at radius 3 is 2.18 bits per heavy atom. The van der Waals surface area contributed by atoms with Crippen LogP contribution >= 0.6 is 0 Å². The van der Waals surface area contributed by atoms with Crippen molar-refractivity contribution in [3.8, 4) is 0 Å². The van der Waals surface area contributed by atoms with Crippen molar-refractivity contribution in [3.05, 3.63) is 0 Å². The highest BCUT2D eigenvalue weighted by Crippen LogP contribution is 2.30. The maximum Gasteiger partial charge on any atom is 0.155 e. The van der Waals surface area contributed by atoms with Crippen LogP contribution < -0.4 is 0 Å². The standard InChI is InChI=1S/C7H14O3S/c1-7(2,8)5-11(9,10)6-3-4-6/h6,8H,3-5H2,1-2H3. The fraction of sp³-hybridized carbons (Fsp3) is 1.00. The molecule has 0 aromatic heterocycles. The monoisotopic (exact) mass is 178 g/mol. The van der Waals surface area contributed by atoms with E-state index < -0.39 is 15.4 Å². The van der Waals surface area contributed by atoms with E-state index in [-0.39, 0.29) is 11.0 Å². The molecule has 66 valence electrons. The lowest BCUT2D eigenvalue weighted by Crippen LogP contribution is -2.31. The summed E-state index contributed by atoms with van der Waals surface area (Å²) in [4.78, 5) is 0. The van der Waals surface area contributed by atoms with Crippen molar-refractivity contribution >= 4 is 9.84 Å². The van der Waals surface area contributed by atoms with Gasteiger partial charge in [-0.3, -0.25) is 0 Å². The van der Waals surface area contributed by atoms with Crippen molar-refractivity contribution in [2.24, 2.45) is 0 Å². The maximum atomic E-state index is 11.2. The van der Waals surface area contributed by atoms with Crippen LogP contribution in [0.4, 0.5) is 0 Å². The van der Waals surface area contributed by atoms with Crippen LogP contribution in [0.15, 0.2) is 0 Å². The van der Waals surface area contributed by atoms with Gasteiger partial charge in [0.1, 0.15) is 0 Å². The first kappa shape index (κ1) is 9.00. The Kier molecular flexibility index (Phi) is 2.01. The molecule has 1 aliphatic carbocycles. The summed E-state index contributed by atoms with van der Waals surface area (Å²) in [7, 11) is -2.99. The molecule has 0 spiro atoms. The van der Waals surface area contributed by atoms with Gasteiger partial charge in [0, 0.05) is 0 Å². The van der Waals surface area contributed by atoms with Crippen molar-refractivity contribution in [1.29, 1.82) is 0 Å².